The number of unbranched alkanes of at least 4 members (excludes halogenated alkanes) is 2. The minimum atomic E-state index is -0.0416. The third kappa shape index (κ3) is 4.71. The SMILES string of the molecule is CCCCCNC(=O)c1ccc(N2CCN(c3ccccn3)CC2)nc1. The standard InChI is InChI=1S/C20H27N5O/c1-2-3-5-11-22-20(26)17-8-9-19(23-16-17)25-14-12-24(13-15-25)18-7-4-6-10-21-18/h4,6-10,16H,2-3,5,11-15H2,1H3,(H,22,26). The van der Waals surface area contributed by atoms with Gasteiger partial charge in [-0.3, -0.25) is 4.79 Å². The van der Waals surface area contributed by atoms with Crippen molar-refractivity contribution < 1.29 is 4.79 Å². The first-order valence-electron chi connectivity index (χ1n) is 9.43. The Balaban J connectivity index is 1.51. The van der Waals surface area contributed by atoms with Crippen LogP contribution in [0.4, 0.5) is 11.6 Å². The number of aromatic nitrogens is 2. The fourth-order valence-corrected chi connectivity index (χ4v) is 3.09. The lowest BCUT2D eigenvalue weighted by molar-refractivity contribution is 0.0952. The smallest absolute Gasteiger partial charge is 0.252 e. The molecule has 6 nitrogen and oxygen atoms in total. The van der Waals surface area contributed by atoms with Crippen LogP contribution in [-0.2, 0) is 0 Å². The number of amides is 1. The highest BCUT2D eigenvalue weighted by atomic mass is 16.1. The van der Waals surface area contributed by atoms with E-state index in [1.165, 1.54) is 0 Å². The minimum Gasteiger partial charge on any atom is -0.353 e. The normalized spacial score (nSPS) is 14.3. The molecule has 0 aliphatic carbocycles. The van der Waals surface area contributed by atoms with Gasteiger partial charge in [-0.2, -0.15) is 0 Å². The van der Waals surface area contributed by atoms with Crippen LogP contribution in [0.3, 0.4) is 0 Å². The highest BCUT2D eigenvalue weighted by Crippen LogP contribution is 2.17. The first-order valence-corrected chi connectivity index (χ1v) is 9.43. The van der Waals surface area contributed by atoms with Crippen molar-refractivity contribution in [3.63, 3.8) is 0 Å². The lowest BCUT2D eigenvalue weighted by Crippen LogP contribution is -2.47. The van der Waals surface area contributed by atoms with Crippen LogP contribution in [-0.4, -0.2) is 48.6 Å². The molecule has 1 saturated heterocycles. The molecule has 26 heavy (non-hydrogen) atoms. The molecule has 1 aliphatic heterocycles. The number of anilines is 2. The average molecular weight is 353 g/mol. The van der Waals surface area contributed by atoms with Gasteiger partial charge < -0.3 is 15.1 Å². The Morgan fingerprint density at radius 1 is 1.00 bits per heavy atom. The van der Waals surface area contributed by atoms with E-state index in [4.69, 9.17) is 0 Å². The van der Waals surface area contributed by atoms with Crippen molar-refractivity contribution >= 4 is 17.5 Å². The second-order valence-electron chi connectivity index (χ2n) is 6.53. The van der Waals surface area contributed by atoms with Crippen LogP contribution < -0.4 is 15.1 Å². The molecular weight excluding hydrogens is 326 g/mol. The Kier molecular flexibility index (Phi) is 6.41. The van der Waals surface area contributed by atoms with Gasteiger partial charge in [-0.05, 0) is 30.7 Å². The number of nitrogens with zero attached hydrogens (tertiary/aromatic N) is 4. The number of rotatable bonds is 7. The number of pyridine rings is 2. The molecule has 1 amide bonds. The summed E-state index contributed by atoms with van der Waals surface area (Å²) in [5.41, 5.74) is 0.623. The number of piperazine rings is 1. The monoisotopic (exact) mass is 353 g/mol. The lowest BCUT2D eigenvalue weighted by Gasteiger charge is -2.36. The Morgan fingerprint density at radius 2 is 1.73 bits per heavy atom. The molecule has 0 unspecified atom stereocenters. The van der Waals surface area contributed by atoms with Gasteiger partial charge in [-0.15, -0.1) is 0 Å². The van der Waals surface area contributed by atoms with E-state index < -0.39 is 0 Å². The number of carbonyl (C=O) groups excluding carboxylic acids is 1. The van der Waals surface area contributed by atoms with Gasteiger partial charge in [-0.25, -0.2) is 9.97 Å². The van der Waals surface area contributed by atoms with Crippen LogP contribution in [0.5, 0.6) is 0 Å². The van der Waals surface area contributed by atoms with Gasteiger partial charge in [0.05, 0.1) is 5.56 Å². The highest BCUT2D eigenvalue weighted by Gasteiger charge is 2.19. The summed E-state index contributed by atoms with van der Waals surface area (Å²) in [4.78, 5) is 25.6. The summed E-state index contributed by atoms with van der Waals surface area (Å²) >= 11 is 0. The van der Waals surface area contributed by atoms with Gasteiger partial charge in [0.15, 0.2) is 0 Å². The van der Waals surface area contributed by atoms with E-state index in [1.54, 1.807) is 6.20 Å². The number of carbonyl (C=O) groups is 1. The lowest BCUT2D eigenvalue weighted by atomic mass is 10.2. The van der Waals surface area contributed by atoms with Crippen molar-refractivity contribution in [3.05, 3.63) is 48.3 Å². The second kappa shape index (κ2) is 9.17. The number of hydrogen-bond donors (Lipinski definition) is 1. The molecule has 2 aromatic heterocycles. The third-order valence-electron chi connectivity index (χ3n) is 4.65. The minimum absolute atomic E-state index is 0.0416. The molecule has 0 spiro atoms. The van der Waals surface area contributed by atoms with Crippen molar-refractivity contribution in [2.45, 2.75) is 26.2 Å². The van der Waals surface area contributed by atoms with Crippen molar-refractivity contribution in [2.24, 2.45) is 0 Å². The van der Waals surface area contributed by atoms with E-state index in [1.807, 2.05) is 36.5 Å². The van der Waals surface area contributed by atoms with Crippen molar-refractivity contribution in [1.82, 2.24) is 15.3 Å². The largest absolute Gasteiger partial charge is 0.353 e. The van der Waals surface area contributed by atoms with Crippen LogP contribution in [0.15, 0.2) is 42.7 Å². The van der Waals surface area contributed by atoms with E-state index in [0.29, 0.717) is 5.56 Å². The topological polar surface area (TPSA) is 61.4 Å². The van der Waals surface area contributed by atoms with Crippen LogP contribution in [0, 0.1) is 0 Å². The molecule has 138 valence electrons. The predicted octanol–water partition coefficient (Wildman–Crippen LogP) is 2.72. The maximum atomic E-state index is 12.1. The Hall–Kier alpha value is -2.63. The van der Waals surface area contributed by atoms with Gasteiger partial charge in [0.25, 0.3) is 5.91 Å². The van der Waals surface area contributed by atoms with Crippen LogP contribution in [0.25, 0.3) is 0 Å². The van der Waals surface area contributed by atoms with Gasteiger partial charge in [-0.1, -0.05) is 25.8 Å². The molecule has 2 aromatic rings. The van der Waals surface area contributed by atoms with Gasteiger partial charge in [0.2, 0.25) is 0 Å². The molecule has 1 fully saturated rings. The fraction of sp³-hybridized carbons (Fsp3) is 0.450. The number of hydrogen-bond acceptors (Lipinski definition) is 5. The maximum Gasteiger partial charge on any atom is 0.252 e. The summed E-state index contributed by atoms with van der Waals surface area (Å²) in [5, 5.41) is 2.95. The average Bonchev–Trinajstić information content (AvgIpc) is 2.72. The predicted molar refractivity (Wildman–Crippen MR) is 105 cm³/mol. The summed E-state index contributed by atoms with van der Waals surface area (Å²) in [5.74, 6) is 1.91. The van der Waals surface area contributed by atoms with Crippen LogP contribution in [0.2, 0.25) is 0 Å². The van der Waals surface area contributed by atoms with E-state index in [2.05, 4.69) is 32.0 Å². The van der Waals surface area contributed by atoms with Crippen LogP contribution in [0.1, 0.15) is 36.5 Å². The molecular formula is C20H27N5O. The Labute approximate surface area is 155 Å². The second-order valence-corrected chi connectivity index (χ2v) is 6.53. The molecule has 3 rings (SSSR count). The van der Waals surface area contributed by atoms with Crippen molar-refractivity contribution in [1.29, 1.82) is 0 Å². The number of nitrogens with one attached hydrogen (secondary N) is 1. The zero-order valence-electron chi connectivity index (χ0n) is 15.4. The fourth-order valence-electron chi connectivity index (χ4n) is 3.09. The van der Waals surface area contributed by atoms with Crippen LogP contribution >= 0.6 is 0 Å². The highest BCUT2D eigenvalue weighted by molar-refractivity contribution is 5.94. The molecule has 0 radical (unpaired) electrons. The third-order valence-corrected chi connectivity index (χ3v) is 4.65. The Bertz CT molecular complexity index is 681. The molecule has 0 atom stereocenters. The summed E-state index contributed by atoms with van der Waals surface area (Å²) < 4.78 is 0. The summed E-state index contributed by atoms with van der Waals surface area (Å²) in [6.07, 6.45) is 6.82. The quantitative estimate of drug-likeness (QED) is 0.776. The molecule has 1 N–H and O–H groups in total. The van der Waals surface area contributed by atoms with Gasteiger partial charge in [0.1, 0.15) is 11.6 Å². The van der Waals surface area contributed by atoms with Gasteiger partial charge in [0, 0.05) is 45.1 Å². The first-order chi connectivity index (χ1) is 12.8. The molecule has 1 aliphatic rings. The van der Waals surface area contributed by atoms with E-state index in [9.17, 15) is 4.79 Å². The zero-order chi connectivity index (χ0) is 18.2. The summed E-state index contributed by atoms with van der Waals surface area (Å²) in [6, 6.07) is 9.80. The molecule has 6 heteroatoms. The van der Waals surface area contributed by atoms with Crippen molar-refractivity contribution in [3.8, 4) is 0 Å². The maximum absolute atomic E-state index is 12.1. The summed E-state index contributed by atoms with van der Waals surface area (Å²) in [6.45, 7) is 6.50. The van der Waals surface area contributed by atoms with Crippen molar-refractivity contribution in [2.75, 3.05) is 42.5 Å². The molecule has 3 heterocycles. The Morgan fingerprint density at radius 3 is 2.31 bits per heavy atom. The van der Waals surface area contributed by atoms with E-state index >= 15 is 0 Å². The van der Waals surface area contributed by atoms with E-state index in [-0.39, 0.29) is 5.91 Å². The molecule has 0 saturated carbocycles. The zero-order valence-corrected chi connectivity index (χ0v) is 15.4. The van der Waals surface area contributed by atoms with Gasteiger partial charge >= 0.3 is 0 Å². The summed E-state index contributed by atoms with van der Waals surface area (Å²) in [7, 11) is 0. The first kappa shape index (κ1) is 18.2. The molecule has 0 bridgehead atoms. The molecule has 0 aromatic carbocycles. The van der Waals surface area contributed by atoms with E-state index in [0.717, 1.165) is 63.6 Å².